The second-order valence-electron chi connectivity index (χ2n) is 11.2. The topological polar surface area (TPSA) is 88.0 Å². The third kappa shape index (κ3) is 6.10. The van der Waals surface area contributed by atoms with Crippen LogP contribution in [0.2, 0.25) is 0 Å². The smallest absolute Gasteiger partial charge is 0.227 e. The van der Waals surface area contributed by atoms with Gasteiger partial charge in [-0.15, -0.1) is 0 Å². The number of nitrogens with zero attached hydrogens (tertiary/aromatic N) is 4. The molecule has 2 aliphatic heterocycles. The maximum Gasteiger partial charge on any atom is 0.227 e. The highest BCUT2D eigenvalue weighted by Crippen LogP contribution is 2.61. The summed E-state index contributed by atoms with van der Waals surface area (Å²) in [4.78, 5) is 25.1. The Bertz CT molecular complexity index is 1100. The first kappa shape index (κ1) is 26.8. The summed E-state index contributed by atoms with van der Waals surface area (Å²) in [6, 6.07) is 4.74. The number of anilines is 1. The van der Waals surface area contributed by atoms with E-state index in [1.54, 1.807) is 17.0 Å². The zero-order valence-electron chi connectivity index (χ0n) is 22.4. The minimum atomic E-state index is -0.454. The van der Waals surface area contributed by atoms with Crippen LogP contribution in [0.4, 0.5) is 10.3 Å². The van der Waals surface area contributed by atoms with Gasteiger partial charge < -0.3 is 24.4 Å². The number of aliphatic hydroxyl groups excluding tert-OH is 1. The summed E-state index contributed by atoms with van der Waals surface area (Å²) >= 11 is 0. The van der Waals surface area contributed by atoms with E-state index in [1.165, 1.54) is 12.5 Å². The normalized spacial score (nSPS) is 23.8. The van der Waals surface area contributed by atoms with E-state index in [9.17, 15) is 14.3 Å². The van der Waals surface area contributed by atoms with Crippen LogP contribution in [-0.4, -0.2) is 71.4 Å². The number of benzene rings is 1. The Balaban J connectivity index is 1.03. The van der Waals surface area contributed by atoms with Crippen LogP contribution >= 0.6 is 0 Å². The summed E-state index contributed by atoms with van der Waals surface area (Å²) in [5.41, 5.74) is 1.70. The average molecular weight is 527 g/mol. The number of halogens is 1. The molecule has 9 heteroatoms. The number of carbonyl (C=O) groups excluding carboxylic acids is 1. The van der Waals surface area contributed by atoms with Crippen molar-refractivity contribution in [3.8, 4) is 5.75 Å². The Hall–Kier alpha value is -2.78. The SMILES string of the molecule is CCOCc1cnc(N2CCC([C@@]3(C)C[C@H]3CCOc3ccc(CC(=O)N4CC(O)C4)c(F)c3)CC2)nc1. The van der Waals surface area contributed by atoms with Gasteiger partial charge in [-0.2, -0.15) is 0 Å². The van der Waals surface area contributed by atoms with E-state index in [1.807, 2.05) is 19.3 Å². The van der Waals surface area contributed by atoms with E-state index in [4.69, 9.17) is 9.47 Å². The van der Waals surface area contributed by atoms with E-state index in [-0.39, 0.29) is 12.3 Å². The molecule has 0 spiro atoms. The van der Waals surface area contributed by atoms with Crippen LogP contribution < -0.4 is 9.64 Å². The number of ether oxygens (including phenoxy) is 2. The first-order valence-corrected chi connectivity index (χ1v) is 13.9. The molecule has 1 amide bonds. The Labute approximate surface area is 224 Å². The summed E-state index contributed by atoms with van der Waals surface area (Å²) in [6.07, 6.45) is 7.72. The summed E-state index contributed by atoms with van der Waals surface area (Å²) in [5.74, 6) is 2.03. The van der Waals surface area contributed by atoms with Crippen molar-refractivity contribution in [2.45, 2.75) is 58.7 Å². The van der Waals surface area contributed by atoms with Crippen LogP contribution in [0.5, 0.6) is 5.75 Å². The van der Waals surface area contributed by atoms with E-state index >= 15 is 0 Å². The van der Waals surface area contributed by atoms with Gasteiger partial charge in [-0.05, 0) is 61.5 Å². The highest BCUT2D eigenvalue weighted by atomic mass is 19.1. The highest BCUT2D eigenvalue weighted by molar-refractivity contribution is 5.79. The number of hydrogen-bond donors (Lipinski definition) is 1. The van der Waals surface area contributed by atoms with Crippen molar-refractivity contribution in [3.05, 3.63) is 47.5 Å². The largest absolute Gasteiger partial charge is 0.493 e. The molecule has 0 unspecified atom stereocenters. The van der Waals surface area contributed by atoms with Crippen molar-refractivity contribution in [2.24, 2.45) is 17.3 Å². The van der Waals surface area contributed by atoms with Gasteiger partial charge >= 0.3 is 0 Å². The molecule has 3 heterocycles. The molecule has 1 saturated carbocycles. The summed E-state index contributed by atoms with van der Waals surface area (Å²) in [5, 5.41) is 9.34. The minimum Gasteiger partial charge on any atom is -0.493 e. The van der Waals surface area contributed by atoms with Gasteiger partial charge in [0.1, 0.15) is 11.6 Å². The second-order valence-corrected chi connectivity index (χ2v) is 11.2. The Morgan fingerprint density at radius 1 is 1.21 bits per heavy atom. The van der Waals surface area contributed by atoms with Crippen molar-refractivity contribution in [3.63, 3.8) is 0 Å². The number of β-amino-alcohol motifs (C(OH)–C–C–N with tert-alkyl or cyclic N) is 1. The van der Waals surface area contributed by atoms with Crippen molar-refractivity contribution in [1.82, 2.24) is 14.9 Å². The predicted octanol–water partition coefficient (Wildman–Crippen LogP) is 3.61. The Morgan fingerprint density at radius 3 is 2.61 bits per heavy atom. The summed E-state index contributed by atoms with van der Waals surface area (Å²) < 4.78 is 25.8. The van der Waals surface area contributed by atoms with E-state index < -0.39 is 11.9 Å². The van der Waals surface area contributed by atoms with Gasteiger partial charge in [-0.1, -0.05) is 13.0 Å². The van der Waals surface area contributed by atoms with Gasteiger partial charge in [0.25, 0.3) is 0 Å². The molecular formula is C29H39FN4O4. The first-order valence-electron chi connectivity index (χ1n) is 13.9. The van der Waals surface area contributed by atoms with Gasteiger partial charge in [0, 0.05) is 56.8 Å². The molecule has 1 N–H and O–H groups in total. The molecule has 1 aromatic heterocycles. The van der Waals surface area contributed by atoms with Gasteiger partial charge in [0.2, 0.25) is 11.9 Å². The molecule has 2 saturated heterocycles. The highest BCUT2D eigenvalue weighted by Gasteiger charge is 2.54. The number of piperidine rings is 1. The van der Waals surface area contributed by atoms with Crippen LogP contribution in [0, 0.1) is 23.1 Å². The van der Waals surface area contributed by atoms with Gasteiger partial charge in [-0.3, -0.25) is 4.79 Å². The number of carbonyl (C=O) groups is 1. The second kappa shape index (κ2) is 11.5. The van der Waals surface area contributed by atoms with Crippen molar-refractivity contribution in [1.29, 1.82) is 0 Å². The van der Waals surface area contributed by atoms with E-state index in [2.05, 4.69) is 21.8 Å². The third-order valence-corrected chi connectivity index (χ3v) is 8.65. The number of hydrogen-bond acceptors (Lipinski definition) is 7. The van der Waals surface area contributed by atoms with Crippen LogP contribution in [0.15, 0.2) is 30.6 Å². The van der Waals surface area contributed by atoms with Gasteiger partial charge in [-0.25, -0.2) is 14.4 Å². The Kier molecular flexibility index (Phi) is 8.14. The molecule has 1 aliphatic carbocycles. The average Bonchev–Trinajstić information content (AvgIpc) is 3.58. The molecule has 2 atom stereocenters. The zero-order valence-corrected chi connectivity index (χ0v) is 22.4. The number of amides is 1. The molecular weight excluding hydrogens is 487 g/mol. The molecule has 0 bridgehead atoms. The lowest BCUT2D eigenvalue weighted by atomic mass is 9.81. The minimum absolute atomic E-state index is 0.00340. The molecule has 5 rings (SSSR count). The number of likely N-dealkylation sites (tertiary alicyclic amines) is 1. The first-order chi connectivity index (χ1) is 18.4. The fourth-order valence-electron chi connectivity index (χ4n) is 5.96. The predicted molar refractivity (Wildman–Crippen MR) is 141 cm³/mol. The van der Waals surface area contributed by atoms with Gasteiger partial charge in [0.15, 0.2) is 0 Å². The zero-order chi connectivity index (χ0) is 26.7. The lowest BCUT2D eigenvalue weighted by molar-refractivity contribution is -0.140. The number of aromatic nitrogens is 2. The monoisotopic (exact) mass is 526 g/mol. The fourth-order valence-corrected chi connectivity index (χ4v) is 5.96. The standard InChI is InChI=1S/C29H39FN4O4/c1-3-37-19-20-15-31-28(32-16-20)33-9-6-22(7-10-33)29(2)14-23(29)8-11-38-25-5-4-21(26(30)13-25)12-27(36)34-17-24(35)18-34/h4-5,13,15-16,22-24,35H,3,6-12,14,17-19H2,1-2H3/t23-,29-/m1/s1. The van der Waals surface area contributed by atoms with Crippen LogP contribution in [-0.2, 0) is 22.6 Å². The molecule has 0 radical (unpaired) electrons. The van der Waals surface area contributed by atoms with Crippen molar-refractivity contribution in [2.75, 3.05) is 44.3 Å². The molecule has 38 heavy (non-hydrogen) atoms. The maximum atomic E-state index is 14.5. The lowest BCUT2D eigenvalue weighted by Gasteiger charge is -2.36. The summed E-state index contributed by atoms with van der Waals surface area (Å²) in [7, 11) is 0. The lowest BCUT2D eigenvalue weighted by Crippen LogP contribution is -2.54. The summed E-state index contributed by atoms with van der Waals surface area (Å²) in [6.45, 7) is 8.78. The number of rotatable bonds is 11. The van der Waals surface area contributed by atoms with Crippen LogP contribution in [0.3, 0.4) is 0 Å². The Morgan fingerprint density at radius 2 is 1.95 bits per heavy atom. The van der Waals surface area contributed by atoms with Crippen LogP contribution in [0.25, 0.3) is 0 Å². The molecule has 3 aliphatic rings. The van der Waals surface area contributed by atoms with Gasteiger partial charge in [0.05, 0.1) is 25.7 Å². The quantitative estimate of drug-likeness (QED) is 0.479. The molecule has 206 valence electrons. The van der Waals surface area contributed by atoms with Crippen LogP contribution in [0.1, 0.15) is 50.7 Å². The molecule has 2 aromatic rings. The fraction of sp³-hybridized carbons (Fsp3) is 0.621. The number of aliphatic hydroxyl groups is 1. The molecule has 3 fully saturated rings. The maximum absolute atomic E-state index is 14.5. The van der Waals surface area contributed by atoms with Crippen molar-refractivity contribution < 1.29 is 23.8 Å². The van der Waals surface area contributed by atoms with Crippen molar-refractivity contribution >= 4 is 11.9 Å². The van der Waals surface area contributed by atoms with E-state index in [0.717, 1.165) is 43.9 Å². The molecule has 1 aromatic carbocycles. The van der Waals surface area contributed by atoms with E-state index in [0.29, 0.717) is 61.5 Å². The molecule has 8 nitrogen and oxygen atoms in total. The third-order valence-electron chi connectivity index (χ3n) is 8.65.